The molecule has 0 saturated heterocycles. The van der Waals surface area contributed by atoms with Gasteiger partial charge in [-0.1, -0.05) is 170 Å². The van der Waals surface area contributed by atoms with Crippen molar-refractivity contribution in [3.05, 3.63) is 188 Å². The highest BCUT2D eigenvalue weighted by Gasteiger charge is 2.22. The van der Waals surface area contributed by atoms with Gasteiger partial charge in [-0.3, -0.25) is 0 Å². The molecular formula is C51H31N3S. The zero-order valence-electron chi connectivity index (χ0n) is 29.6. The molecule has 0 bridgehead atoms. The summed E-state index contributed by atoms with van der Waals surface area (Å²) in [5.74, 6) is 1.94. The van der Waals surface area contributed by atoms with Gasteiger partial charge in [-0.2, -0.15) is 0 Å². The summed E-state index contributed by atoms with van der Waals surface area (Å²) >= 11 is 1.85. The summed E-state index contributed by atoms with van der Waals surface area (Å²) < 4.78 is 2.49. The lowest BCUT2D eigenvalue weighted by Gasteiger charge is -2.15. The fourth-order valence-electron chi connectivity index (χ4n) is 8.11. The second-order valence-corrected chi connectivity index (χ2v) is 15.0. The number of benzene rings is 9. The molecule has 0 aliphatic heterocycles. The van der Waals surface area contributed by atoms with Gasteiger partial charge >= 0.3 is 0 Å². The average molecular weight is 718 g/mol. The highest BCUT2D eigenvalue weighted by atomic mass is 32.1. The van der Waals surface area contributed by atoms with Gasteiger partial charge in [0.05, 0.1) is 0 Å². The molecule has 55 heavy (non-hydrogen) atoms. The van der Waals surface area contributed by atoms with E-state index < -0.39 is 0 Å². The molecule has 11 rings (SSSR count). The van der Waals surface area contributed by atoms with E-state index in [1.165, 1.54) is 58.1 Å². The fourth-order valence-corrected chi connectivity index (χ4v) is 9.40. The van der Waals surface area contributed by atoms with E-state index in [0.29, 0.717) is 17.5 Å². The van der Waals surface area contributed by atoms with Crippen molar-refractivity contribution in [2.45, 2.75) is 0 Å². The lowest BCUT2D eigenvalue weighted by molar-refractivity contribution is 1.08. The first kappa shape index (κ1) is 31.5. The number of hydrogen-bond donors (Lipinski definition) is 0. The molecule has 9 aromatic carbocycles. The molecule has 2 heterocycles. The molecule has 0 fully saturated rings. The van der Waals surface area contributed by atoms with Crippen molar-refractivity contribution in [3.63, 3.8) is 0 Å². The molecule has 256 valence electrons. The van der Waals surface area contributed by atoms with Crippen LogP contribution in [0.3, 0.4) is 0 Å². The molecule has 4 heteroatoms. The maximum atomic E-state index is 5.37. The number of thiophene rings is 1. The number of hydrogen-bond acceptors (Lipinski definition) is 4. The smallest absolute Gasteiger partial charge is 0.164 e. The van der Waals surface area contributed by atoms with Gasteiger partial charge in [0.2, 0.25) is 0 Å². The van der Waals surface area contributed by atoms with Crippen molar-refractivity contribution in [2.24, 2.45) is 0 Å². The van der Waals surface area contributed by atoms with Gasteiger partial charge in [0, 0.05) is 42.2 Å². The van der Waals surface area contributed by atoms with Crippen LogP contribution >= 0.6 is 11.3 Å². The SMILES string of the molecule is c1ccc(-c2ccc(-c3nc(-c4cccc(-c5ccccc5)c4)nc(-c4cc5c6ccccc6c6ccccc6c5c5sc6ccccc6c45)n3)cc2)cc1. The van der Waals surface area contributed by atoms with Crippen molar-refractivity contribution in [1.29, 1.82) is 0 Å². The summed E-state index contributed by atoms with van der Waals surface area (Å²) in [6.45, 7) is 0. The summed E-state index contributed by atoms with van der Waals surface area (Å²) in [5.41, 5.74) is 7.47. The second-order valence-electron chi connectivity index (χ2n) is 13.9. The molecule has 0 N–H and O–H groups in total. The summed E-state index contributed by atoms with van der Waals surface area (Å²) in [5, 5.41) is 9.84. The third-order valence-corrected chi connectivity index (χ3v) is 11.9. The van der Waals surface area contributed by atoms with Gasteiger partial charge < -0.3 is 0 Å². The molecular weight excluding hydrogens is 687 g/mol. The average Bonchev–Trinajstić information content (AvgIpc) is 3.66. The van der Waals surface area contributed by atoms with Gasteiger partial charge in [-0.05, 0) is 67.4 Å². The maximum Gasteiger partial charge on any atom is 0.164 e. The van der Waals surface area contributed by atoms with Crippen LogP contribution in [0, 0.1) is 0 Å². The van der Waals surface area contributed by atoms with Gasteiger partial charge in [-0.25, -0.2) is 15.0 Å². The van der Waals surface area contributed by atoms with Crippen molar-refractivity contribution in [3.8, 4) is 56.4 Å². The molecule has 0 atom stereocenters. The first-order valence-electron chi connectivity index (χ1n) is 18.5. The molecule has 0 radical (unpaired) electrons. The van der Waals surface area contributed by atoms with Crippen molar-refractivity contribution in [1.82, 2.24) is 15.0 Å². The lowest BCUT2D eigenvalue weighted by atomic mass is 9.91. The van der Waals surface area contributed by atoms with Crippen LogP contribution in [0.25, 0.3) is 109 Å². The number of fused-ring (bicyclic) bond motifs is 10. The molecule has 0 saturated carbocycles. The van der Waals surface area contributed by atoms with E-state index in [1.54, 1.807) is 0 Å². The van der Waals surface area contributed by atoms with Crippen LogP contribution in [0.2, 0.25) is 0 Å². The molecule has 0 aliphatic carbocycles. The molecule has 0 aliphatic rings. The Morgan fingerprint density at radius 1 is 0.291 bits per heavy atom. The first-order valence-corrected chi connectivity index (χ1v) is 19.3. The second kappa shape index (κ2) is 12.8. The Morgan fingerprint density at radius 3 is 1.47 bits per heavy atom. The van der Waals surface area contributed by atoms with Crippen molar-refractivity contribution in [2.75, 3.05) is 0 Å². The fraction of sp³-hybridized carbons (Fsp3) is 0. The predicted octanol–water partition coefficient (Wildman–Crippen LogP) is 14.0. The predicted molar refractivity (Wildman–Crippen MR) is 232 cm³/mol. The lowest BCUT2D eigenvalue weighted by Crippen LogP contribution is -2.01. The Bertz CT molecular complexity index is 3240. The summed E-state index contributed by atoms with van der Waals surface area (Å²) in [6.07, 6.45) is 0. The number of aromatic nitrogens is 3. The Morgan fingerprint density at radius 2 is 0.764 bits per heavy atom. The topological polar surface area (TPSA) is 38.7 Å². The highest BCUT2D eigenvalue weighted by Crippen LogP contribution is 2.48. The van der Waals surface area contributed by atoms with E-state index in [9.17, 15) is 0 Å². The van der Waals surface area contributed by atoms with Crippen molar-refractivity contribution >= 4 is 63.8 Å². The Labute approximate surface area is 321 Å². The van der Waals surface area contributed by atoms with Crippen LogP contribution in [-0.4, -0.2) is 15.0 Å². The summed E-state index contributed by atoms with van der Waals surface area (Å²) in [6, 6.07) is 66.7. The minimum absolute atomic E-state index is 0.640. The monoisotopic (exact) mass is 717 g/mol. The van der Waals surface area contributed by atoms with Crippen LogP contribution < -0.4 is 0 Å². The molecule has 11 aromatic rings. The van der Waals surface area contributed by atoms with Gasteiger partial charge in [0.1, 0.15) is 0 Å². The van der Waals surface area contributed by atoms with E-state index >= 15 is 0 Å². The molecule has 0 amide bonds. The van der Waals surface area contributed by atoms with Crippen LogP contribution in [-0.2, 0) is 0 Å². The minimum atomic E-state index is 0.640. The zero-order valence-corrected chi connectivity index (χ0v) is 30.5. The van der Waals surface area contributed by atoms with Crippen LogP contribution in [0.5, 0.6) is 0 Å². The van der Waals surface area contributed by atoms with E-state index in [4.69, 9.17) is 15.0 Å². The Balaban J connectivity index is 1.22. The van der Waals surface area contributed by atoms with E-state index in [1.807, 2.05) is 23.5 Å². The largest absolute Gasteiger partial charge is 0.208 e. The molecule has 3 nitrogen and oxygen atoms in total. The molecule has 0 unspecified atom stereocenters. The highest BCUT2D eigenvalue weighted by molar-refractivity contribution is 7.27. The van der Waals surface area contributed by atoms with Crippen molar-refractivity contribution < 1.29 is 0 Å². The first-order chi connectivity index (χ1) is 27.3. The van der Waals surface area contributed by atoms with Crippen LogP contribution in [0.4, 0.5) is 0 Å². The molecule has 0 spiro atoms. The maximum absolute atomic E-state index is 5.37. The Kier molecular flexibility index (Phi) is 7.35. The third-order valence-electron chi connectivity index (χ3n) is 10.7. The van der Waals surface area contributed by atoms with E-state index in [-0.39, 0.29) is 0 Å². The zero-order chi connectivity index (χ0) is 36.3. The number of nitrogens with zero attached hydrogens (tertiary/aromatic N) is 3. The summed E-state index contributed by atoms with van der Waals surface area (Å²) in [4.78, 5) is 15.9. The summed E-state index contributed by atoms with van der Waals surface area (Å²) in [7, 11) is 0. The van der Waals surface area contributed by atoms with E-state index in [2.05, 4.69) is 176 Å². The van der Waals surface area contributed by atoms with Gasteiger partial charge in [0.15, 0.2) is 17.5 Å². The molecule has 2 aromatic heterocycles. The van der Waals surface area contributed by atoms with Crippen LogP contribution in [0.1, 0.15) is 0 Å². The number of rotatable bonds is 5. The van der Waals surface area contributed by atoms with Crippen LogP contribution in [0.15, 0.2) is 188 Å². The third kappa shape index (κ3) is 5.30. The standard InChI is InChI=1S/C51H31N3S/c1-3-14-32(15-4-1)34-26-28-35(29-27-34)49-52-50(37-19-13-18-36(30-37)33-16-5-2-6-17-33)54-51(53-49)44-31-43-40-22-8-7-20-38(40)39-21-9-10-23-41(39)46(43)48-47(44)42-24-11-12-25-45(42)55-48/h1-31H. The van der Waals surface area contributed by atoms with Gasteiger partial charge in [0.25, 0.3) is 0 Å². The normalized spacial score (nSPS) is 11.6. The quantitative estimate of drug-likeness (QED) is 0.166. The minimum Gasteiger partial charge on any atom is -0.208 e. The van der Waals surface area contributed by atoms with Gasteiger partial charge in [-0.15, -0.1) is 11.3 Å². The van der Waals surface area contributed by atoms with E-state index in [0.717, 1.165) is 33.4 Å². The Hall–Kier alpha value is -7.01.